The van der Waals surface area contributed by atoms with E-state index in [4.69, 9.17) is 4.74 Å². The van der Waals surface area contributed by atoms with E-state index in [0.717, 1.165) is 18.4 Å². The minimum Gasteiger partial charge on any atom is -0.495 e. The number of hydrogen-bond acceptors (Lipinski definition) is 3. The lowest BCUT2D eigenvalue weighted by molar-refractivity contribution is -0.120. The second-order valence-electron chi connectivity index (χ2n) is 6.24. The summed E-state index contributed by atoms with van der Waals surface area (Å²) < 4.78 is 5.28. The van der Waals surface area contributed by atoms with Crippen LogP contribution in [0.15, 0.2) is 42.5 Å². The van der Waals surface area contributed by atoms with E-state index in [1.54, 1.807) is 31.4 Å². The fourth-order valence-electron chi connectivity index (χ4n) is 2.72. The molecule has 0 aliphatic heterocycles. The molecule has 0 saturated heterocycles. The molecule has 0 saturated carbocycles. The first-order valence-corrected chi connectivity index (χ1v) is 8.85. The number of hydrogen-bond donors (Lipinski definition) is 2. The van der Waals surface area contributed by atoms with Crippen LogP contribution in [-0.2, 0) is 4.79 Å². The number of carbonyl (C=O) groups is 2. The number of ether oxygens (including phenoxy) is 1. The Hall–Kier alpha value is -2.82. The predicted octanol–water partition coefficient (Wildman–Crippen LogP) is 4.63. The van der Waals surface area contributed by atoms with Gasteiger partial charge in [-0.3, -0.25) is 9.59 Å². The van der Waals surface area contributed by atoms with Crippen LogP contribution in [0.4, 0.5) is 11.4 Å². The van der Waals surface area contributed by atoms with Crippen molar-refractivity contribution >= 4 is 23.2 Å². The van der Waals surface area contributed by atoms with Gasteiger partial charge in [-0.25, -0.2) is 0 Å². The molecule has 5 nitrogen and oxygen atoms in total. The van der Waals surface area contributed by atoms with Crippen LogP contribution in [0.5, 0.6) is 5.75 Å². The van der Waals surface area contributed by atoms with E-state index in [2.05, 4.69) is 10.6 Å². The first kappa shape index (κ1) is 19.5. The Bertz CT molecular complexity index is 765. The van der Waals surface area contributed by atoms with Crippen molar-refractivity contribution in [1.29, 1.82) is 0 Å². The monoisotopic (exact) mass is 354 g/mol. The van der Waals surface area contributed by atoms with Gasteiger partial charge in [0.25, 0.3) is 5.91 Å². The summed E-state index contributed by atoms with van der Waals surface area (Å²) in [7, 11) is 1.57. The number of rotatable bonds is 7. The molecule has 0 bridgehead atoms. The highest BCUT2D eigenvalue weighted by atomic mass is 16.5. The average Bonchev–Trinajstić information content (AvgIpc) is 2.63. The lowest BCUT2D eigenvalue weighted by Gasteiger charge is -2.13. The molecule has 0 aliphatic rings. The molecule has 5 heteroatoms. The Morgan fingerprint density at radius 2 is 1.65 bits per heavy atom. The van der Waals surface area contributed by atoms with Crippen molar-refractivity contribution in [3.05, 3.63) is 53.6 Å². The molecule has 0 spiro atoms. The second-order valence-corrected chi connectivity index (χ2v) is 6.24. The number of nitrogens with one attached hydrogen (secondary N) is 2. The number of anilines is 2. The van der Waals surface area contributed by atoms with Crippen molar-refractivity contribution in [3.63, 3.8) is 0 Å². The molecule has 0 radical (unpaired) electrons. The summed E-state index contributed by atoms with van der Waals surface area (Å²) in [4.78, 5) is 24.6. The number of amides is 2. The topological polar surface area (TPSA) is 67.4 Å². The van der Waals surface area contributed by atoms with E-state index in [1.165, 1.54) is 0 Å². The van der Waals surface area contributed by atoms with E-state index in [-0.39, 0.29) is 17.7 Å². The minimum atomic E-state index is -0.230. The fourth-order valence-corrected chi connectivity index (χ4v) is 2.72. The van der Waals surface area contributed by atoms with Crippen LogP contribution in [0, 0.1) is 12.8 Å². The summed E-state index contributed by atoms with van der Waals surface area (Å²) in [6.45, 7) is 5.95. The third kappa shape index (κ3) is 4.85. The van der Waals surface area contributed by atoms with Crippen LogP contribution >= 0.6 is 0 Å². The molecule has 2 amide bonds. The van der Waals surface area contributed by atoms with Crippen molar-refractivity contribution in [2.75, 3.05) is 17.7 Å². The van der Waals surface area contributed by atoms with Crippen molar-refractivity contribution in [1.82, 2.24) is 0 Å². The zero-order valence-electron chi connectivity index (χ0n) is 15.8. The van der Waals surface area contributed by atoms with Gasteiger partial charge in [-0.15, -0.1) is 0 Å². The minimum absolute atomic E-state index is 0.00626. The van der Waals surface area contributed by atoms with E-state index in [0.29, 0.717) is 22.7 Å². The maximum absolute atomic E-state index is 12.5. The van der Waals surface area contributed by atoms with Crippen LogP contribution in [0.25, 0.3) is 0 Å². The van der Waals surface area contributed by atoms with Crippen LogP contribution in [0.3, 0.4) is 0 Å². The Kier molecular flexibility index (Phi) is 6.78. The molecular weight excluding hydrogens is 328 g/mol. The molecule has 26 heavy (non-hydrogen) atoms. The average molecular weight is 354 g/mol. The molecule has 0 atom stereocenters. The maximum Gasteiger partial charge on any atom is 0.255 e. The van der Waals surface area contributed by atoms with Crippen LogP contribution in [-0.4, -0.2) is 18.9 Å². The van der Waals surface area contributed by atoms with E-state index in [9.17, 15) is 9.59 Å². The molecule has 0 heterocycles. The zero-order valence-corrected chi connectivity index (χ0v) is 15.8. The number of carbonyl (C=O) groups excluding carboxylic acids is 2. The molecule has 138 valence electrons. The summed E-state index contributed by atoms with van der Waals surface area (Å²) >= 11 is 0. The van der Waals surface area contributed by atoms with Gasteiger partial charge in [0.1, 0.15) is 5.75 Å². The van der Waals surface area contributed by atoms with E-state index < -0.39 is 0 Å². The smallest absolute Gasteiger partial charge is 0.255 e. The summed E-state index contributed by atoms with van der Waals surface area (Å²) in [6, 6.07) is 12.5. The van der Waals surface area contributed by atoms with Gasteiger partial charge in [0, 0.05) is 17.2 Å². The molecule has 2 rings (SSSR count). The number of benzene rings is 2. The van der Waals surface area contributed by atoms with Gasteiger partial charge in [0.2, 0.25) is 5.91 Å². The quantitative estimate of drug-likeness (QED) is 0.762. The van der Waals surface area contributed by atoms with Gasteiger partial charge in [0.15, 0.2) is 0 Å². The molecular formula is C21H26N2O3. The predicted molar refractivity (Wildman–Crippen MR) is 105 cm³/mol. The summed E-state index contributed by atoms with van der Waals surface area (Å²) in [6.07, 6.45) is 1.61. The van der Waals surface area contributed by atoms with E-state index in [1.807, 2.05) is 39.0 Å². The molecule has 2 N–H and O–H groups in total. The van der Waals surface area contributed by atoms with Gasteiger partial charge in [-0.1, -0.05) is 19.9 Å². The summed E-state index contributed by atoms with van der Waals surface area (Å²) in [5, 5.41) is 5.76. The Balaban J connectivity index is 2.07. The Morgan fingerprint density at radius 3 is 2.23 bits per heavy atom. The van der Waals surface area contributed by atoms with Gasteiger partial charge in [0.05, 0.1) is 12.8 Å². The lowest BCUT2D eigenvalue weighted by Crippen LogP contribution is -2.21. The van der Waals surface area contributed by atoms with Crippen molar-refractivity contribution < 1.29 is 14.3 Å². The van der Waals surface area contributed by atoms with Crippen molar-refractivity contribution in [3.8, 4) is 5.75 Å². The Labute approximate surface area is 154 Å². The first-order valence-electron chi connectivity index (χ1n) is 8.85. The molecule has 0 aliphatic carbocycles. The van der Waals surface area contributed by atoms with Crippen molar-refractivity contribution in [2.45, 2.75) is 33.6 Å². The Morgan fingerprint density at radius 1 is 1.00 bits per heavy atom. The van der Waals surface area contributed by atoms with Crippen LogP contribution < -0.4 is 15.4 Å². The maximum atomic E-state index is 12.5. The van der Waals surface area contributed by atoms with Gasteiger partial charge in [-0.05, 0) is 61.7 Å². The molecule has 2 aromatic rings. The molecule has 0 fully saturated rings. The van der Waals surface area contributed by atoms with Gasteiger partial charge >= 0.3 is 0 Å². The first-order chi connectivity index (χ1) is 12.5. The molecule has 0 unspecified atom stereocenters. The number of aryl methyl sites for hydroxylation is 1. The van der Waals surface area contributed by atoms with Gasteiger partial charge < -0.3 is 15.4 Å². The van der Waals surface area contributed by atoms with Crippen molar-refractivity contribution in [2.24, 2.45) is 5.92 Å². The zero-order chi connectivity index (χ0) is 19.1. The number of methoxy groups -OCH3 is 1. The summed E-state index contributed by atoms with van der Waals surface area (Å²) in [5.41, 5.74) is 2.85. The third-order valence-electron chi connectivity index (χ3n) is 4.37. The highest BCUT2D eigenvalue weighted by molar-refractivity contribution is 6.05. The molecule has 2 aromatic carbocycles. The highest BCUT2D eigenvalue weighted by Crippen LogP contribution is 2.26. The van der Waals surface area contributed by atoms with Crippen LogP contribution in [0.1, 0.15) is 42.6 Å². The standard InChI is InChI=1S/C21H26N2O3/c1-5-15(6-2)20(24)22-17-10-8-16(9-11-17)21(25)23-18-13-14(3)7-12-19(18)26-4/h7-13,15H,5-6H2,1-4H3,(H,22,24)(H,23,25). The summed E-state index contributed by atoms with van der Waals surface area (Å²) in [5.74, 6) is 0.397. The van der Waals surface area contributed by atoms with Crippen LogP contribution in [0.2, 0.25) is 0 Å². The highest BCUT2D eigenvalue weighted by Gasteiger charge is 2.15. The fraction of sp³-hybridized carbons (Fsp3) is 0.333. The third-order valence-corrected chi connectivity index (χ3v) is 4.37. The molecule has 0 aromatic heterocycles. The lowest BCUT2D eigenvalue weighted by atomic mass is 10.0. The van der Waals surface area contributed by atoms with Gasteiger partial charge in [-0.2, -0.15) is 0 Å². The normalized spacial score (nSPS) is 10.5. The SMILES string of the molecule is CCC(CC)C(=O)Nc1ccc(C(=O)Nc2cc(C)ccc2OC)cc1. The second kappa shape index (κ2) is 9.04. The largest absolute Gasteiger partial charge is 0.495 e. The van der Waals surface area contributed by atoms with E-state index >= 15 is 0 Å².